The number of aliphatic hydroxyl groups excluding tert-OH is 1. The first-order valence-corrected chi connectivity index (χ1v) is 9.72. The maximum absolute atomic E-state index is 12.8. The van der Waals surface area contributed by atoms with Gasteiger partial charge in [-0.15, -0.1) is 0 Å². The van der Waals surface area contributed by atoms with Crippen molar-refractivity contribution < 1.29 is 19.4 Å². The molecule has 5 aliphatic rings. The third-order valence-corrected chi connectivity index (χ3v) is 8.13. The van der Waals surface area contributed by atoms with E-state index >= 15 is 0 Å². The van der Waals surface area contributed by atoms with Crippen LogP contribution in [0.15, 0.2) is 23.3 Å². The smallest absolute Gasteiger partial charge is 0.317 e. The fourth-order valence-electron chi connectivity index (χ4n) is 6.93. The van der Waals surface area contributed by atoms with Gasteiger partial charge in [-0.2, -0.15) is 0 Å². The Kier molecular flexibility index (Phi) is 3.06. The van der Waals surface area contributed by atoms with E-state index in [1.165, 1.54) is 5.57 Å². The van der Waals surface area contributed by atoms with Crippen LogP contribution in [0.2, 0.25) is 0 Å². The number of cyclic esters (lactones) is 1. The summed E-state index contributed by atoms with van der Waals surface area (Å²) in [5.74, 6) is 0.353. The van der Waals surface area contributed by atoms with Crippen LogP contribution in [0.3, 0.4) is 0 Å². The number of hydrogen-bond donors (Lipinski definition) is 1. The molecule has 4 nitrogen and oxygen atoms in total. The van der Waals surface area contributed by atoms with Crippen LogP contribution in [0.4, 0.5) is 0 Å². The van der Waals surface area contributed by atoms with E-state index in [1.807, 2.05) is 6.92 Å². The molecule has 1 N–H and O–H groups in total. The maximum atomic E-state index is 12.8. The molecule has 0 aromatic rings. The molecule has 5 rings (SSSR count). The largest absolute Gasteiger partial charge is 0.461 e. The van der Waals surface area contributed by atoms with Crippen molar-refractivity contribution in [1.82, 2.24) is 0 Å². The number of rotatable bonds is 0. The van der Waals surface area contributed by atoms with E-state index in [0.717, 1.165) is 44.1 Å². The van der Waals surface area contributed by atoms with Gasteiger partial charge in [0.15, 0.2) is 5.78 Å². The zero-order valence-corrected chi connectivity index (χ0v) is 15.0. The zero-order valence-electron chi connectivity index (χ0n) is 15.0. The Balaban J connectivity index is 1.58. The van der Waals surface area contributed by atoms with E-state index in [2.05, 4.69) is 13.0 Å². The Hall–Kier alpha value is -1.42. The van der Waals surface area contributed by atoms with Gasteiger partial charge in [-0.1, -0.05) is 18.6 Å². The van der Waals surface area contributed by atoms with E-state index < -0.39 is 5.41 Å². The van der Waals surface area contributed by atoms with Crippen LogP contribution < -0.4 is 0 Å². The Morgan fingerprint density at radius 2 is 2.04 bits per heavy atom. The van der Waals surface area contributed by atoms with Gasteiger partial charge < -0.3 is 9.84 Å². The summed E-state index contributed by atoms with van der Waals surface area (Å²) in [7, 11) is 0. The summed E-state index contributed by atoms with van der Waals surface area (Å²) < 4.78 is 5.54. The van der Waals surface area contributed by atoms with Crippen LogP contribution in [-0.4, -0.2) is 29.1 Å². The highest BCUT2D eigenvalue weighted by Crippen LogP contribution is 2.66. The fourth-order valence-corrected chi connectivity index (χ4v) is 6.93. The van der Waals surface area contributed by atoms with E-state index in [4.69, 9.17) is 4.74 Å². The Labute approximate surface area is 148 Å². The maximum Gasteiger partial charge on any atom is 0.317 e. The van der Waals surface area contributed by atoms with E-state index in [1.54, 1.807) is 6.08 Å². The molecule has 0 radical (unpaired) electrons. The van der Waals surface area contributed by atoms with Crippen LogP contribution >= 0.6 is 0 Å². The van der Waals surface area contributed by atoms with Gasteiger partial charge in [0.25, 0.3) is 0 Å². The van der Waals surface area contributed by atoms with Crippen molar-refractivity contribution in [1.29, 1.82) is 0 Å². The highest BCUT2D eigenvalue weighted by Gasteiger charge is 2.68. The number of carbonyl (C=O) groups excluding carboxylic acids is 2. The number of carbonyl (C=O) groups is 2. The summed E-state index contributed by atoms with van der Waals surface area (Å²) in [5.41, 5.74) is 1.89. The number of ether oxygens (including phenoxy) is 1. The fraction of sp³-hybridized carbons (Fsp3) is 0.714. The summed E-state index contributed by atoms with van der Waals surface area (Å²) >= 11 is 0. The van der Waals surface area contributed by atoms with Crippen LogP contribution in [0, 0.1) is 28.6 Å². The van der Waals surface area contributed by atoms with Crippen molar-refractivity contribution in [3.05, 3.63) is 23.3 Å². The molecule has 1 aliphatic heterocycles. The molecule has 0 aromatic heterocycles. The van der Waals surface area contributed by atoms with E-state index in [9.17, 15) is 14.7 Å². The standard InChI is InChI=1S/C21H26O4/c1-11-18-17(23)10-16-14-4-3-12-9-13(22)5-7-20(12,2)15(14)6-8-21(16,18)19(24)25-11/h3,10-11,13-15,18,22H,4-9H2,1-2H3. The third-order valence-electron chi connectivity index (χ3n) is 8.13. The summed E-state index contributed by atoms with van der Waals surface area (Å²) in [6.07, 6.45) is 8.81. The Morgan fingerprint density at radius 3 is 2.84 bits per heavy atom. The monoisotopic (exact) mass is 342 g/mol. The molecule has 4 aliphatic carbocycles. The van der Waals surface area contributed by atoms with Crippen molar-refractivity contribution in [2.75, 3.05) is 0 Å². The number of esters is 1. The SMILES string of the molecule is CC1OC(=O)C23CCC4C(CC=C5CC(O)CCC54C)C2=CC(=O)C13. The lowest BCUT2D eigenvalue weighted by Gasteiger charge is -2.55. The van der Waals surface area contributed by atoms with Gasteiger partial charge in [0, 0.05) is 0 Å². The average Bonchev–Trinajstić information content (AvgIpc) is 3.01. The van der Waals surface area contributed by atoms with Gasteiger partial charge in [-0.3, -0.25) is 9.59 Å². The van der Waals surface area contributed by atoms with E-state index in [-0.39, 0.29) is 41.2 Å². The summed E-state index contributed by atoms with van der Waals surface area (Å²) in [6.45, 7) is 4.20. The van der Waals surface area contributed by atoms with Gasteiger partial charge in [0.2, 0.25) is 0 Å². The first-order valence-electron chi connectivity index (χ1n) is 9.72. The number of ketones is 1. The van der Waals surface area contributed by atoms with Gasteiger partial charge in [0.05, 0.1) is 12.0 Å². The molecule has 25 heavy (non-hydrogen) atoms. The molecule has 4 heteroatoms. The summed E-state index contributed by atoms with van der Waals surface area (Å²) in [6, 6.07) is 0. The zero-order chi connectivity index (χ0) is 17.6. The Bertz CT molecular complexity index is 734. The molecule has 0 bridgehead atoms. The normalized spacial score (nSPS) is 50.9. The van der Waals surface area contributed by atoms with Crippen LogP contribution in [0.1, 0.15) is 52.4 Å². The molecule has 0 aromatic carbocycles. The Morgan fingerprint density at radius 1 is 1.24 bits per heavy atom. The van der Waals surface area contributed by atoms with Gasteiger partial charge in [0.1, 0.15) is 11.5 Å². The van der Waals surface area contributed by atoms with Gasteiger partial charge in [-0.05, 0) is 74.3 Å². The third kappa shape index (κ3) is 1.77. The number of allylic oxidation sites excluding steroid dienone is 2. The van der Waals surface area contributed by atoms with E-state index in [0.29, 0.717) is 5.92 Å². The number of aliphatic hydroxyl groups is 1. The van der Waals surface area contributed by atoms with Crippen molar-refractivity contribution in [3.8, 4) is 0 Å². The quantitative estimate of drug-likeness (QED) is 0.543. The average molecular weight is 342 g/mol. The molecular weight excluding hydrogens is 316 g/mol. The lowest BCUT2D eigenvalue weighted by atomic mass is 9.48. The van der Waals surface area contributed by atoms with Crippen molar-refractivity contribution in [3.63, 3.8) is 0 Å². The molecule has 1 saturated heterocycles. The highest BCUT2D eigenvalue weighted by atomic mass is 16.6. The lowest BCUT2D eigenvalue weighted by Crippen LogP contribution is -2.50. The molecule has 0 amide bonds. The number of hydrogen-bond acceptors (Lipinski definition) is 4. The molecule has 1 heterocycles. The van der Waals surface area contributed by atoms with Crippen molar-refractivity contribution in [2.24, 2.45) is 28.6 Å². The van der Waals surface area contributed by atoms with Crippen LogP contribution in [0.5, 0.6) is 0 Å². The molecule has 1 spiro atoms. The van der Waals surface area contributed by atoms with Gasteiger partial charge >= 0.3 is 5.97 Å². The molecule has 134 valence electrons. The molecule has 2 saturated carbocycles. The molecule has 7 atom stereocenters. The molecular formula is C21H26O4. The predicted octanol–water partition coefficient (Wildman–Crippen LogP) is 2.95. The van der Waals surface area contributed by atoms with Crippen molar-refractivity contribution in [2.45, 2.75) is 64.6 Å². The lowest BCUT2D eigenvalue weighted by molar-refractivity contribution is -0.148. The first kappa shape index (κ1) is 15.8. The second-order valence-corrected chi connectivity index (χ2v) is 9.09. The minimum absolute atomic E-state index is 0.0907. The van der Waals surface area contributed by atoms with Crippen LogP contribution in [0.25, 0.3) is 0 Å². The molecule has 3 fully saturated rings. The predicted molar refractivity (Wildman–Crippen MR) is 91.4 cm³/mol. The first-order chi connectivity index (χ1) is 11.9. The van der Waals surface area contributed by atoms with Crippen LogP contribution in [-0.2, 0) is 14.3 Å². The van der Waals surface area contributed by atoms with Gasteiger partial charge in [-0.25, -0.2) is 0 Å². The minimum Gasteiger partial charge on any atom is -0.461 e. The number of fused-ring (bicyclic) bond motifs is 4. The topological polar surface area (TPSA) is 63.6 Å². The van der Waals surface area contributed by atoms with Crippen molar-refractivity contribution >= 4 is 11.8 Å². The second kappa shape index (κ2) is 4.85. The minimum atomic E-state index is -0.673. The summed E-state index contributed by atoms with van der Waals surface area (Å²) in [4.78, 5) is 25.5. The highest BCUT2D eigenvalue weighted by molar-refractivity contribution is 6.05. The summed E-state index contributed by atoms with van der Waals surface area (Å²) in [5, 5.41) is 10.1. The molecule has 7 unspecified atom stereocenters. The second-order valence-electron chi connectivity index (χ2n) is 9.09.